The summed E-state index contributed by atoms with van der Waals surface area (Å²) >= 11 is 1.42. The van der Waals surface area contributed by atoms with Gasteiger partial charge in [0.25, 0.3) is 0 Å². The molecule has 2 heterocycles. The quantitative estimate of drug-likeness (QED) is 0.442. The molecule has 0 radical (unpaired) electrons. The number of aromatic nitrogens is 4. The van der Waals surface area contributed by atoms with Crippen LogP contribution in [0.25, 0.3) is 22.5 Å². The molecule has 0 amide bonds. The molecule has 0 unspecified atom stereocenters. The molecule has 9 heteroatoms. The lowest BCUT2D eigenvalue weighted by molar-refractivity contribution is 0.140. The topological polar surface area (TPSA) is 75.0 Å². The summed E-state index contributed by atoms with van der Waals surface area (Å²) in [4.78, 5) is 10.6. The Bertz CT molecular complexity index is 1240. The third-order valence-electron chi connectivity index (χ3n) is 7.68. The highest BCUT2D eigenvalue weighted by Gasteiger charge is 2.48. The molecule has 1 aromatic carbocycles. The number of phenols is 1. The summed E-state index contributed by atoms with van der Waals surface area (Å²) in [6, 6.07) is 6.67. The van der Waals surface area contributed by atoms with E-state index >= 15 is 4.39 Å². The Morgan fingerprint density at radius 2 is 1.86 bits per heavy atom. The van der Waals surface area contributed by atoms with Crippen molar-refractivity contribution in [2.75, 3.05) is 11.2 Å². The van der Waals surface area contributed by atoms with Gasteiger partial charge in [0, 0.05) is 11.6 Å². The summed E-state index contributed by atoms with van der Waals surface area (Å²) in [5.41, 5.74) is 1.30. The Kier molecular flexibility index (Phi) is 5.82. The van der Waals surface area contributed by atoms with E-state index in [0.29, 0.717) is 39.5 Å². The smallest absolute Gasteiger partial charge is 0.185 e. The molecule has 3 aromatic rings. The second-order valence-corrected chi connectivity index (χ2v) is 10.7. The van der Waals surface area contributed by atoms with E-state index in [4.69, 9.17) is 0 Å². The number of hydrogen-bond acceptors (Lipinski definition) is 7. The summed E-state index contributed by atoms with van der Waals surface area (Å²) in [5.74, 6) is 1.11. The molecule has 2 bridgehead atoms. The summed E-state index contributed by atoms with van der Waals surface area (Å²) in [6.07, 6.45) is 9.92. The van der Waals surface area contributed by atoms with Crippen LogP contribution in [0.15, 0.2) is 41.7 Å². The molecule has 182 valence electrons. The molecule has 6 nitrogen and oxygen atoms in total. The van der Waals surface area contributed by atoms with Crippen molar-refractivity contribution in [2.24, 2.45) is 11.8 Å². The molecule has 0 saturated heterocycles. The molecule has 0 aliphatic heterocycles. The lowest BCUT2D eigenvalue weighted by atomic mass is 9.83. The first-order chi connectivity index (χ1) is 17.0. The summed E-state index contributed by atoms with van der Waals surface area (Å²) < 4.78 is 29.7. The largest absolute Gasteiger partial charge is 0.507 e. The monoisotopic (exact) mass is 495 g/mol. The van der Waals surface area contributed by atoms with Crippen molar-refractivity contribution in [3.8, 4) is 28.3 Å². The number of fused-ring (bicyclic) bond motifs is 2. The van der Waals surface area contributed by atoms with Gasteiger partial charge in [-0.25, -0.2) is 18.7 Å². The third kappa shape index (κ3) is 4.24. The average molecular weight is 496 g/mol. The second kappa shape index (κ2) is 9.00. The number of nitrogens with zero attached hydrogens (tertiary/aromatic N) is 5. The van der Waals surface area contributed by atoms with Crippen LogP contribution in [0.5, 0.6) is 5.75 Å². The van der Waals surface area contributed by atoms with Gasteiger partial charge in [0.2, 0.25) is 0 Å². The van der Waals surface area contributed by atoms with Crippen LogP contribution in [0, 0.1) is 17.7 Å². The number of thioether (sulfide) groups is 1. The minimum Gasteiger partial charge on any atom is -0.507 e. The predicted octanol–water partition coefficient (Wildman–Crippen LogP) is 5.66. The highest BCUT2D eigenvalue weighted by Crippen LogP contribution is 2.47. The standard InChI is InChI=1S/C26H27F2N5OS/c1-35-24-11-19(20(27)12-29-24)15-4-7-18(22(34)10-15)26-30-13-23(31-32-26)33(17-5-6-17)21-9-14-2-3-16(8-14)25(21)28/h4,7,10-14,16-17,21,25,34H,2-3,5-6,8-9H2,1H3/t14-,16+,21+,25-/m0/s1. The molecule has 3 aliphatic carbocycles. The van der Waals surface area contributed by atoms with Crippen LogP contribution in [-0.4, -0.2) is 49.8 Å². The zero-order valence-electron chi connectivity index (χ0n) is 19.4. The molecule has 3 saturated carbocycles. The van der Waals surface area contributed by atoms with Crippen LogP contribution < -0.4 is 4.90 Å². The number of phenolic OH excluding ortho intramolecular Hbond substituents is 1. The Labute approximate surface area is 207 Å². The third-order valence-corrected chi connectivity index (χ3v) is 8.32. The molecule has 3 fully saturated rings. The summed E-state index contributed by atoms with van der Waals surface area (Å²) in [7, 11) is 0. The van der Waals surface area contributed by atoms with Gasteiger partial charge in [-0.2, -0.15) is 0 Å². The Morgan fingerprint density at radius 1 is 1.00 bits per heavy atom. The van der Waals surface area contributed by atoms with E-state index in [-0.39, 0.29) is 23.5 Å². The molecule has 35 heavy (non-hydrogen) atoms. The van der Waals surface area contributed by atoms with Crippen LogP contribution in [0.3, 0.4) is 0 Å². The predicted molar refractivity (Wildman–Crippen MR) is 132 cm³/mol. The number of halogens is 2. The fourth-order valence-electron chi connectivity index (χ4n) is 5.80. The van der Waals surface area contributed by atoms with Gasteiger partial charge in [0.1, 0.15) is 17.7 Å². The maximum atomic E-state index is 15.3. The van der Waals surface area contributed by atoms with Crippen molar-refractivity contribution in [1.82, 2.24) is 20.2 Å². The van der Waals surface area contributed by atoms with Gasteiger partial charge >= 0.3 is 0 Å². The molecular weight excluding hydrogens is 468 g/mol. The van der Waals surface area contributed by atoms with Gasteiger partial charge in [0.05, 0.1) is 29.0 Å². The van der Waals surface area contributed by atoms with E-state index in [1.807, 2.05) is 6.26 Å². The second-order valence-electron chi connectivity index (χ2n) is 9.90. The van der Waals surface area contributed by atoms with E-state index in [1.54, 1.807) is 24.4 Å². The molecule has 0 spiro atoms. The summed E-state index contributed by atoms with van der Waals surface area (Å²) in [6.45, 7) is 0. The van der Waals surface area contributed by atoms with Crippen LogP contribution in [0.4, 0.5) is 14.6 Å². The minimum atomic E-state index is -0.840. The number of hydrogen-bond donors (Lipinski definition) is 1. The van der Waals surface area contributed by atoms with Crippen LogP contribution in [0.1, 0.15) is 38.5 Å². The van der Waals surface area contributed by atoms with Crippen molar-refractivity contribution >= 4 is 17.6 Å². The fraction of sp³-hybridized carbons (Fsp3) is 0.462. The minimum absolute atomic E-state index is 0.0642. The molecule has 6 rings (SSSR count). The van der Waals surface area contributed by atoms with E-state index in [0.717, 1.165) is 38.5 Å². The number of anilines is 1. The van der Waals surface area contributed by atoms with Crippen molar-refractivity contribution in [2.45, 2.75) is 61.8 Å². The van der Waals surface area contributed by atoms with Crippen LogP contribution in [-0.2, 0) is 0 Å². The molecule has 1 N–H and O–H groups in total. The Morgan fingerprint density at radius 3 is 2.57 bits per heavy atom. The lowest BCUT2D eigenvalue weighted by Crippen LogP contribution is -2.49. The molecular formula is C26H27F2N5OS. The van der Waals surface area contributed by atoms with Gasteiger partial charge in [-0.3, -0.25) is 0 Å². The van der Waals surface area contributed by atoms with Gasteiger partial charge in [-0.1, -0.05) is 6.07 Å². The zero-order valence-corrected chi connectivity index (χ0v) is 20.3. The van der Waals surface area contributed by atoms with E-state index < -0.39 is 12.0 Å². The highest BCUT2D eigenvalue weighted by molar-refractivity contribution is 7.98. The first kappa shape index (κ1) is 22.6. The van der Waals surface area contributed by atoms with E-state index in [9.17, 15) is 9.50 Å². The van der Waals surface area contributed by atoms with Crippen molar-refractivity contribution in [1.29, 1.82) is 0 Å². The number of rotatable bonds is 6. The zero-order chi connectivity index (χ0) is 24.1. The van der Waals surface area contributed by atoms with E-state index in [1.165, 1.54) is 24.0 Å². The maximum Gasteiger partial charge on any atom is 0.185 e. The molecule has 4 atom stereocenters. The lowest BCUT2D eigenvalue weighted by Gasteiger charge is -2.40. The number of alkyl halides is 1. The van der Waals surface area contributed by atoms with Crippen LogP contribution in [0.2, 0.25) is 0 Å². The molecule has 3 aliphatic rings. The van der Waals surface area contributed by atoms with E-state index in [2.05, 4.69) is 25.1 Å². The normalized spacial score (nSPS) is 25.6. The van der Waals surface area contributed by atoms with Crippen molar-refractivity contribution < 1.29 is 13.9 Å². The van der Waals surface area contributed by atoms with Gasteiger partial charge < -0.3 is 10.0 Å². The van der Waals surface area contributed by atoms with Crippen LogP contribution >= 0.6 is 11.8 Å². The highest BCUT2D eigenvalue weighted by atomic mass is 32.2. The first-order valence-corrected chi connectivity index (χ1v) is 13.4. The first-order valence-electron chi connectivity index (χ1n) is 12.2. The number of benzene rings is 1. The molecule has 2 aromatic heterocycles. The summed E-state index contributed by atoms with van der Waals surface area (Å²) in [5, 5.41) is 20.1. The SMILES string of the molecule is CSc1cc(-c2ccc(-c3ncc(N(C4CC4)[C@@H]4C[C@H]5CC[C@H](C5)[C@@H]4F)nn3)c(O)c2)c(F)cn1. The fourth-order valence-corrected chi connectivity index (χ4v) is 6.20. The average Bonchev–Trinajstić information content (AvgIpc) is 3.62. The number of pyridine rings is 1. The Balaban J connectivity index is 1.27. The number of aromatic hydroxyl groups is 1. The Hall–Kier alpha value is -2.81. The van der Waals surface area contributed by atoms with Gasteiger partial charge in [-0.15, -0.1) is 22.0 Å². The van der Waals surface area contributed by atoms with Gasteiger partial charge in [0.15, 0.2) is 11.6 Å². The van der Waals surface area contributed by atoms with Gasteiger partial charge in [-0.05, 0) is 80.4 Å². The van der Waals surface area contributed by atoms with Crippen molar-refractivity contribution in [3.05, 3.63) is 42.5 Å². The maximum absolute atomic E-state index is 15.3. The van der Waals surface area contributed by atoms with Crippen molar-refractivity contribution in [3.63, 3.8) is 0 Å².